The van der Waals surface area contributed by atoms with Crippen molar-refractivity contribution < 1.29 is 9.53 Å². The molecular weight excluding hydrogens is 294 g/mol. The number of anilines is 1. The molecule has 0 spiro atoms. The van der Waals surface area contributed by atoms with Gasteiger partial charge in [0, 0.05) is 5.75 Å². The Morgan fingerprint density at radius 3 is 2.55 bits per heavy atom. The maximum Gasteiger partial charge on any atom is 0.237 e. The second kappa shape index (κ2) is 8.49. The van der Waals surface area contributed by atoms with E-state index in [1.807, 2.05) is 56.3 Å². The molecular formula is C18H21NO2S. The summed E-state index contributed by atoms with van der Waals surface area (Å²) in [5.74, 6) is 1.52. The number of nitrogens with one attached hydrogen (secondary N) is 1. The van der Waals surface area contributed by atoms with Gasteiger partial charge in [-0.25, -0.2) is 0 Å². The van der Waals surface area contributed by atoms with Crippen LogP contribution in [-0.4, -0.2) is 17.8 Å². The van der Waals surface area contributed by atoms with Gasteiger partial charge in [0.05, 0.1) is 17.5 Å². The molecule has 22 heavy (non-hydrogen) atoms. The number of para-hydroxylation sites is 2. The average Bonchev–Trinajstić information content (AvgIpc) is 2.55. The average molecular weight is 315 g/mol. The van der Waals surface area contributed by atoms with Crippen molar-refractivity contribution in [2.75, 3.05) is 11.9 Å². The lowest BCUT2D eigenvalue weighted by atomic mass is 10.2. The van der Waals surface area contributed by atoms with E-state index in [1.54, 1.807) is 11.8 Å². The largest absolute Gasteiger partial charge is 0.492 e. The molecule has 1 atom stereocenters. The minimum Gasteiger partial charge on any atom is -0.492 e. The van der Waals surface area contributed by atoms with E-state index in [1.165, 1.54) is 5.56 Å². The summed E-state index contributed by atoms with van der Waals surface area (Å²) in [4.78, 5) is 12.3. The molecule has 0 unspecified atom stereocenters. The smallest absolute Gasteiger partial charge is 0.237 e. The van der Waals surface area contributed by atoms with Crippen molar-refractivity contribution in [2.45, 2.75) is 24.9 Å². The minimum atomic E-state index is -0.130. The van der Waals surface area contributed by atoms with E-state index in [-0.39, 0.29) is 11.2 Å². The highest BCUT2D eigenvalue weighted by Crippen LogP contribution is 2.25. The summed E-state index contributed by atoms with van der Waals surface area (Å²) in [5.41, 5.74) is 1.95. The Kier molecular flexibility index (Phi) is 6.34. The number of benzene rings is 2. The number of carbonyl (C=O) groups excluding carboxylic acids is 1. The Morgan fingerprint density at radius 2 is 1.82 bits per heavy atom. The number of carbonyl (C=O) groups is 1. The summed E-state index contributed by atoms with van der Waals surface area (Å²) < 4.78 is 5.53. The maximum atomic E-state index is 12.3. The second-order valence-electron chi connectivity index (χ2n) is 4.86. The van der Waals surface area contributed by atoms with Crippen LogP contribution in [0.5, 0.6) is 5.75 Å². The predicted octanol–water partition coefficient (Wildman–Crippen LogP) is 4.35. The van der Waals surface area contributed by atoms with Crippen molar-refractivity contribution >= 4 is 23.4 Å². The molecule has 0 heterocycles. The SMILES string of the molecule is CCOc1ccccc1NC(=O)[C@H](C)SCc1ccccc1. The highest BCUT2D eigenvalue weighted by atomic mass is 32.2. The lowest BCUT2D eigenvalue weighted by Crippen LogP contribution is -2.23. The zero-order chi connectivity index (χ0) is 15.8. The van der Waals surface area contributed by atoms with E-state index in [9.17, 15) is 4.79 Å². The molecule has 2 aromatic carbocycles. The van der Waals surface area contributed by atoms with Gasteiger partial charge in [-0.2, -0.15) is 0 Å². The van der Waals surface area contributed by atoms with Crippen LogP contribution in [0.25, 0.3) is 0 Å². The van der Waals surface area contributed by atoms with Crippen LogP contribution >= 0.6 is 11.8 Å². The Balaban J connectivity index is 1.91. The van der Waals surface area contributed by atoms with Crippen molar-refractivity contribution in [2.24, 2.45) is 0 Å². The predicted molar refractivity (Wildman–Crippen MR) is 93.4 cm³/mol. The molecule has 4 heteroatoms. The summed E-state index contributed by atoms with van der Waals surface area (Å²) in [6.07, 6.45) is 0. The Labute approximate surface area is 136 Å². The Hall–Kier alpha value is -1.94. The fraction of sp³-hybridized carbons (Fsp3) is 0.278. The molecule has 0 aliphatic rings. The highest BCUT2D eigenvalue weighted by molar-refractivity contribution is 7.99. The van der Waals surface area contributed by atoms with Crippen LogP contribution in [0.2, 0.25) is 0 Å². The molecule has 0 saturated carbocycles. The van der Waals surface area contributed by atoms with Crippen molar-refractivity contribution in [1.29, 1.82) is 0 Å². The van der Waals surface area contributed by atoms with E-state index >= 15 is 0 Å². The third kappa shape index (κ3) is 4.81. The number of hydrogen-bond donors (Lipinski definition) is 1. The molecule has 1 amide bonds. The summed E-state index contributed by atoms with van der Waals surface area (Å²) in [6.45, 7) is 4.42. The lowest BCUT2D eigenvalue weighted by Gasteiger charge is -2.14. The first-order chi connectivity index (χ1) is 10.7. The molecule has 116 valence electrons. The van der Waals surface area contributed by atoms with Gasteiger partial charge < -0.3 is 10.1 Å². The fourth-order valence-corrected chi connectivity index (χ4v) is 2.80. The fourth-order valence-electron chi connectivity index (χ4n) is 1.96. The number of hydrogen-bond acceptors (Lipinski definition) is 3. The molecule has 0 fully saturated rings. The first-order valence-electron chi connectivity index (χ1n) is 7.39. The molecule has 0 saturated heterocycles. The third-order valence-corrected chi connectivity index (χ3v) is 4.37. The third-order valence-electron chi connectivity index (χ3n) is 3.16. The number of ether oxygens (including phenoxy) is 1. The van der Waals surface area contributed by atoms with Gasteiger partial charge in [-0.1, -0.05) is 42.5 Å². The molecule has 0 radical (unpaired) electrons. The molecule has 3 nitrogen and oxygen atoms in total. The number of thioether (sulfide) groups is 1. The first kappa shape index (κ1) is 16.4. The van der Waals surface area contributed by atoms with E-state index in [0.29, 0.717) is 12.4 Å². The molecule has 0 bridgehead atoms. The van der Waals surface area contributed by atoms with Crippen molar-refractivity contribution in [3.05, 3.63) is 60.2 Å². The Morgan fingerprint density at radius 1 is 1.14 bits per heavy atom. The van der Waals surface area contributed by atoms with Crippen LogP contribution < -0.4 is 10.1 Å². The molecule has 0 aliphatic heterocycles. The zero-order valence-corrected chi connectivity index (χ0v) is 13.7. The lowest BCUT2D eigenvalue weighted by molar-refractivity contribution is -0.115. The van der Waals surface area contributed by atoms with E-state index in [2.05, 4.69) is 17.4 Å². The quantitative estimate of drug-likeness (QED) is 0.825. The zero-order valence-electron chi connectivity index (χ0n) is 12.9. The van der Waals surface area contributed by atoms with Crippen LogP contribution in [-0.2, 0) is 10.5 Å². The summed E-state index contributed by atoms with van der Waals surface area (Å²) in [5, 5.41) is 2.82. The van der Waals surface area contributed by atoms with Crippen molar-refractivity contribution in [1.82, 2.24) is 0 Å². The van der Waals surface area contributed by atoms with Gasteiger partial charge >= 0.3 is 0 Å². The Bertz CT molecular complexity index is 601. The normalized spacial score (nSPS) is 11.7. The topological polar surface area (TPSA) is 38.3 Å². The first-order valence-corrected chi connectivity index (χ1v) is 8.43. The van der Waals surface area contributed by atoms with Gasteiger partial charge in [-0.3, -0.25) is 4.79 Å². The molecule has 0 aromatic heterocycles. The van der Waals surface area contributed by atoms with E-state index < -0.39 is 0 Å². The van der Waals surface area contributed by atoms with Gasteiger partial charge in [-0.05, 0) is 31.5 Å². The van der Waals surface area contributed by atoms with Crippen LogP contribution in [0.3, 0.4) is 0 Å². The summed E-state index contributed by atoms with van der Waals surface area (Å²) in [7, 11) is 0. The van der Waals surface area contributed by atoms with E-state index in [4.69, 9.17) is 4.74 Å². The number of amides is 1. The second-order valence-corrected chi connectivity index (χ2v) is 6.19. The standard InChI is InChI=1S/C18H21NO2S/c1-3-21-17-12-8-7-11-16(17)19-18(20)14(2)22-13-15-9-5-4-6-10-15/h4-12,14H,3,13H2,1-2H3,(H,19,20)/t14-/m0/s1. The van der Waals surface area contributed by atoms with Gasteiger partial charge in [0.2, 0.25) is 5.91 Å². The van der Waals surface area contributed by atoms with Gasteiger partial charge in [-0.15, -0.1) is 11.8 Å². The van der Waals surface area contributed by atoms with Gasteiger partial charge in [0.15, 0.2) is 0 Å². The monoisotopic (exact) mass is 315 g/mol. The summed E-state index contributed by atoms with van der Waals surface area (Å²) >= 11 is 1.62. The summed E-state index contributed by atoms with van der Waals surface area (Å²) in [6, 6.07) is 17.7. The van der Waals surface area contributed by atoms with Crippen LogP contribution in [0.15, 0.2) is 54.6 Å². The van der Waals surface area contributed by atoms with Crippen LogP contribution in [0.1, 0.15) is 19.4 Å². The number of rotatable bonds is 7. The minimum absolute atomic E-state index is 0.00640. The molecule has 2 aromatic rings. The van der Waals surface area contributed by atoms with E-state index in [0.717, 1.165) is 11.4 Å². The van der Waals surface area contributed by atoms with Crippen molar-refractivity contribution in [3.8, 4) is 5.75 Å². The van der Waals surface area contributed by atoms with Gasteiger partial charge in [0.1, 0.15) is 5.75 Å². The van der Waals surface area contributed by atoms with Gasteiger partial charge in [0.25, 0.3) is 0 Å². The highest BCUT2D eigenvalue weighted by Gasteiger charge is 2.15. The molecule has 1 N–H and O–H groups in total. The van der Waals surface area contributed by atoms with Crippen molar-refractivity contribution in [3.63, 3.8) is 0 Å². The molecule has 0 aliphatic carbocycles. The van der Waals surface area contributed by atoms with Crippen LogP contribution in [0.4, 0.5) is 5.69 Å². The molecule has 2 rings (SSSR count). The van der Waals surface area contributed by atoms with Crippen LogP contribution in [0, 0.1) is 0 Å². The maximum absolute atomic E-state index is 12.3.